The van der Waals surface area contributed by atoms with Crippen molar-refractivity contribution in [1.29, 1.82) is 0 Å². The van der Waals surface area contributed by atoms with Gasteiger partial charge in [-0.05, 0) is 50.2 Å². The summed E-state index contributed by atoms with van der Waals surface area (Å²) in [5.74, 6) is -0.366. The van der Waals surface area contributed by atoms with Gasteiger partial charge in [0.1, 0.15) is 11.3 Å². The number of hydrogen-bond acceptors (Lipinski definition) is 4. The molecule has 1 amide bonds. The molecule has 1 aromatic carbocycles. The molecule has 1 fully saturated rings. The first-order valence-corrected chi connectivity index (χ1v) is 8.16. The quantitative estimate of drug-likeness (QED) is 0.849. The number of alkyl halides is 2. The maximum Gasteiger partial charge on any atom is 0.387 e. The molecule has 0 unspecified atom stereocenters. The van der Waals surface area contributed by atoms with E-state index < -0.39 is 12.2 Å². The van der Waals surface area contributed by atoms with Gasteiger partial charge >= 0.3 is 6.61 Å². The number of hydrogen-bond donors (Lipinski definition) is 2. The largest absolute Gasteiger partial charge is 0.433 e. The smallest absolute Gasteiger partial charge is 0.387 e. The van der Waals surface area contributed by atoms with Crippen molar-refractivity contribution in [2.45, 2.75) is 25.0 Å². The summed E-state index contributed by atoms with van der Waals surface area (Å²) in [6.07, 6.45) is 4.56. The number of nitrogens with zero attached hydrogens (tertiary/aromatic N) is 2. The zero-order chi connectivity index (χ0) is 17.9. The van der Waals surface area contributed by atoms with Crippen molar-refractivity contribution in [3.8, 4) is 5.75 Å². The van der Waals surface area contributed by atoms with Crippen LogP contribution in [0.3, 0.4) is 0 Å². The normalized spacial score (nSPS) is 16.6. The van der Waals surface area contributed by atoms with Crippen LogP contribution in [0.2, 0.25) is 5.02 Å². The number of piperidine rings is 1. The van der Waals surface area contributed by atoms with Crippen LogP contribution in [0.5, 0.6) is 5.75 Å². The topological polar surface area (TPSA) is 68.2 Å². The van der Waals surface area contributed by atoms with Gasteiger partial charge in [-0.3, -0.25) is 9.48 Å². The molecule has 3 rings (SSSR count). The van der Waals surface area contributed by atoms with Gasteiger partial charge in [0.15, 0.2) is 0 Å². The van der Waals surface area contributed by atoms with E-state index in [9.17, 15) is 13.6 Å². The monoisotopic (exact) mass is 370 g/mol. The second kappa shape index (κ2) is 7.37. The first kappa shape index (κ1) is 17.6. The van der Waals surface area contributed by atoms with Gasteiger partial charge < -0.3 is 15.4 Å². The Hall–Kier alpha value is -2.19. The fourth-order valence-electron chi connectivity index (χ4n) is 2.94. The lowest BCUT2D eigenvalue weighted by molar-refractivity contribution is -0.126. The fraction of sp³-hybridized carbons (Fsp3) is 0.375. The van der Waals surface area contributed by atoms with E-state index in [2.05, 4.69) is 20.5 Å². The maximum atomic E-state index is 13.0. The summed E-state index contributed by atoms with van der Waals surface area (Å²) in [6, 6.07) is 5.92. The van der Waals surface area contributed by atoms with E-state index in [1.165, 1.54) is 18.2 Å². The number of carbonyl (C=O) groups excluding carboxylic acids is 1. The Morgan fingerprint density at radius 1 is 1.40 bits per heavy atom. The van der Waals surface area contributed by atoms with Crippen LogP contribution in [0.15, 0.2) is 36.7 Å². The lowest BCUT2D eigenvalue weighted by Gasteiger charge is -2.36. The molecule has 0 spiro atoms. The summed E-state index contributed by atoms with van der Waals surface area (Å²) in [6.45, 7) is -1.58. The summed E-state index contributed by atoms with van der Waals surface area (Å²) in [5.41, 5.74) is -0.402. The van der Waals surface area contributed by atoms with E-state index in [4.69, 9.17) is 11.6 Å². The number of aromatic nitrogens is 2. The van der Waals surface area contributed by atoms with E-state index in [0.29, 0.717) is 31.6 Å². The van der Waals surface area contributed by atoms with Crippen LogP contribution in [0.4, 0.5) is 14.5 Å². The first-order valence-electron chi connectivity index (χ1n) is 7.78. The van der Waals surface area contributed by atoms with E-state index in [1.807, 2.05) is 0 Å². The molecule has 2 heterocycles. The van der Waals surface area contributed by atoms with Gasteiger partial charge in [-0.1, -0.05) is 11.6 Å². The number of carbonyl (C=O) groups is 1. The molecule has 1 aromatic heterocycles. The molecule has 2 aromatic rings. The number of ether oxygens (including phenoxy) is 1. The minimum absolute atomic E-state index is 0.00319. The van der Waals surface area contributed by atoms with Crippen LogP contribution in [-0.2, 0) is 10.3 Å². The predicted octanol–water partition coefficient (Wildman–Crippen LogP) is 2.86. The number of nitrogens with one attached hydrogen (secondary N) is 2. The lowest BCUT2D eigenvalue weighted by atomic mass is 9.87. The number of amides is 1. The average molecular weight is 371 g/mol. The molecule has 9 heteroatoms. The highest BCUT2D eigenvalue weighted by Gasteiger charge is 2.42. The van der Waals surface area contributed by atoms with Crippen molar-refractivity contribution in [2.75, 3.05) is 18.4 Å². The van der Waals surface area contributed by atoms with E-state index in [1.54, 1.807) is 23.1 Å². The van der Waals surface area contributed by atoms with Gasteiger partial charge in [-0.2, -0.15) is 13.9 Å². The molecule has 2 N–H and O–H groups in total. The molecule has 0 aliphatic carbocycles. The summed E-state index contributed by atoms with van der Waals surface area (Å²) in [7, 11) is 0. The fourth-order valence-corrected chi connectivity index (χ4v) is 3.17. The SMILES string of the molecule is O=C(Nc1ccc(OC(F)F)c(Cl)c1)C1(n2cccn2)CCNCC1. The molecular weight excluding hydrogens is 354 g/mol. The molecule has 0 radical (unpaired) electrons. The molecule has 134 valence electrons. The average Bonchev–Trinajstić information content (AvgIpc) is 3.12. The summed E-state index contributed by atoms with van der Waals surface area (Å²) in [4.78, 5) is 13.0. The first-order chi connectivity index (χ1) is 12.0. The Bertz CT molecular complexity index is 734. The van der Waals surface area contributed by atoms with Crippen LogP contribution in [0.25, 0.3) is 0 Å². The van der Waals surface area contributed by atoms with Gasteiger partial charge in [0, 0.05) is 18.1 Å². The zero-order valence-corrected chi connectivity index (χ0v) is 14.0. The molecule has 1 aliphatic rings. The lowest BCUT2D eigenvalue weighted by Crippen LogP contribution is -2.52. The Kier molecular flexibility index (Phi) is 5.19. The van der Waals surface area contributed by atoms with Crippen LogP contribution < -0.4 is 15.4 Å². The Morgan fingerprint density at radius 2 is 2.16 bits per heavy atom. The van der Waals surface area contributed by atoms with Gasteiger partial charge in [0.25, 0.3) is 5.91 Å². The second-order valence-electron chi connectivity index (χ2n) is 5.71. The zero-order valence-electron chi connectivity index (χ0n) is 13.2. The highest BCUT2D eigenvalue weighted by Crippen LogP contribution is 2.32. The Morgan fingerprint density at radius 3 is 2.76 bits per heavy atom. The second-order valence-corrected chi connectivity index (χ2v) is 6.12. The molecule has 0 saturated carbocycles. The van der Waals surface area contributed by atoms with Crippen LogP contribution in [0.1, 0.15) is 12.8 Å². The molecule has 25 heavy (non-hydrogen) atoms. The third-order valence-corrected chi connectivity index (χ3v) is 4.50. The van der Waals surface area contributed by atoms with Crippen LogP contribution >= 0.6 is 11.6 Å². The molecular formula is C16H17ClF2N4O2. The number of halogens is 3. The molecule has 6 nitrogen and oxygen atoms in total. The van der Waals surface area contributed by atoms with Crippen molar-refractivity contribution in [2.24, 2.45) is 0 Å². The van der Waals surface area contributed by atoms with Gasteiger partial charge in [-0.15, -0.1) is 0 Å². The summed E-state index contributed by atoms with van der Waals surface area (Å²) in [5, 5.41) is 10.3. The number of anilines is 1. The van der Waals surface area contributed by atoms with Crippen molar-refractivity contribution < 1.29 is 18.3 Å². The van der Waals surface area contributed by atoms with E-state index in [-0.39, 0.29) is 16.7 Å². The third kappa shape index (κ3) is 3.74. The number of rotatable bonds is 5. The molecule has 1 aliphatic heterocycles. The Labute approximate surface area is 148 Å². The van der Waals surface area contributed by atoms with Gasteiger partial charge in [0.2, 0.25) is 0 Å². The van der Waals surface area contributed by atoms with E-state index in [0.717, 1.165) is 0 Å². The van der Waals surface area contributed by atoms with Crippen LogP contribution in [-0.4, -0.2) is 35.4 Å². The standard InChI is InChI=1S/C16H17ClF2N4O2/c17-12-10-11(2-3-13(12)25-15(18)19)22-14(24)16(4-7-20-8-5-16)23-9-1-6-21-23/h1-3,6,9-10,15,20H,4-5,7-8H2,(H,22,24). The van der Waals surface area contributed by atoms with Gasteiger partial charge in [-0.25, -0.2) is 0 Å². The van der Waals surface area contributed by atoms with Crippen LogP contribution in [0, 0.1) is 0 Å². The van der Waals surface area contributed by atoms with E-state index >= 15 is 0 Å². The highest BCUT2D eigenvalue weighted by molar-refractivity contribution is 6.32. The summed E-state index contributed by atoms with van der Waals surface area (Å²) >= 11 is 5.94. The minimum Gasteiger partial charge on any atom is -0.433 e. The highest BCUT2D eigenvalue weighted by atomic mass is 35.5. The Balaban J connectivity index is 1.81. The van der Waals surface area contributed by atoms with Crippen molar-refractivity contribution in [3.05, 3.63) is 41.7 Å². The minimum atomic E-state index is -2.96. The number of benzene rings is 1. The molecule has 1 saturated heterocycles. The van der Waals surface area contributed by atoms with Gasteiger partial charge in [0.05, 0.1) is 5.02 Å². The molecule has 0 atom stereocenters. The summed E-state index contributed by atoms with van der Waals surface area (Å²) < 4.78 is 30.6. The van der Waals surface area contributed by atoms with Crippen molar-refractivity contribution in [1.82, 2.24) is 15.1 Å². The van der Waals surface area contributed by atoms with Crippen molar-refractivity contribution in [3.63, 3.8) is 0 Å². The maximum absolute atomic E-state index is 13.0. The molecule has 0 bridgehead atoms. The third-order valence-electron chi connectivity index (χ3n) is 4.20. The van der Waals surface area contributed by atoms with Crippen molar-refractivity contribution >= 4 is 23.2 Å². The predicted molar refractivity (Wildman–Crippen MR) is 89.0 cm³/mol.